The summed E-state index contributed by atoms with van der Waals surface area (Å²) in [6, 6.07) is 10.4. The summed E-state index contributed by atoms with van der Waals surface area (Å²) in [5.41, 5.74) is 1.13. The Morgan fingerprint density at radius 3 is 2.36 bits per heavy atom. The zero-order valence-corrected chi connectivity index (χ0v) is 16.6. The van der Waals surface area contributed by atoms with E-state index < -0.39 is 17.7 Å². The average molecular weight is 424 g/mol. The van der Waals surface area contributed by atoms with Gasteiger partial charge in [0.05, 0.1) is 22.7 Å². The van der Waals surface area contributed by atoms with Gasteiger partial charge < -0.3 is 14.4 Å². The monoisotopic (exact) mass is 423 g/mol. The molecule has 0 unspecified atom stereocenters. The molecule has 28 heavy (non-hydrogen) atoms. The second-order valence-electron chi connectivity index (χ2n) is 6.55. The van der Waals surface area contributed by atoms with Crippen LogP contribution in [0.5, 0.6) is 0 Å². The minimum Gasteiger partial charge on any atom is -0.445 e. The highest BCUT2D eigenvalue weighted by Crippen LogP contribution is 2.30. The number of hydrogen-bond donors (Lipinski definition) is 0. The molecule has 8 heteroatoms. The van der Waals surface area contributed by atoms with Gasteiger partial charge in [0.2, 0.25) is 11.5 Å². The van der Waals surface area contributed by atoms with Crippen LogP contribution in [0.3, 0.4) is 0 Å². The fourth-order valence-corrected chi connectivity index (χ4v) is 2.89. The molecule has 1 aliphatic heterocycles. The third kappa shape index (κ3) is 4.64. The molecule has 0 bridgehead atoms. The van der Waals surface area contributed by atoms with E-state index in [9.17, 15) is 14.0 Å². The van der Waals surface area contributed by atoms with Gasteiger partial charge in [0, 0.05) is 19.5 Å². The fourth-order valence-electron chi connectivity index (χ4n) is 2.60. The Hall–Kier alpha value is -2.57. The molecule has 0 N–H and O–H groups in total. The van der Waals surface area contributed by atoms with Gasteiger partial charge in [0.25, 0.3) is 5.91 Å². The van der Waals surface area contributed by atoms with E-state index in [-0.39, 0.29) is 23.1 Å². The number of esters is 1. The van der Waals surface area contributed by atoms with Gasteiger partial charge in [0.15, 0.2) is 0 Å². The van der Waals surface area contributed by atoms with Crippen LogP contribution in [-0.2, 0) is 25.6 Å². The van der Waals surface area contributed by atoms with Gasteiger partial charge in [-0.1, -0.05) is 35.3 Å². The van der Waals surface area contributed by atoms with Crippen LogP contribution in [0, 0.1) is 5.82 Å². The number of nitrogens with zero attached hydrogens (tertiary/aromatic N) is 1. The smallest absolute Gasteiger partial charge is 0.377 e. The van der Waals surface area contributed by atoms with Gasteiger partial charge in [-0.2, -0.15) is 0 Å². The van der Waals surface area contributed by atoms with Crippen LogP contribution in [0.2, 0.25) is 10.0 Å². The minimum atomic E-state index is -1.14. The van der Waals surface area contributed by atoms with Crippen LogP contribution in [-0.4, -0.2) is 17.7 Å². The second kappa shape index (κ2) is 7.81. The Labute approximate surface area is 171 Å². The molecular weight excluding hydrogens is 408 g/mol. The molecule has 0 saturated carbocycles. The zero-order valence-electron chi connectivity index (χ0n) is 15.0. The Balaban J connectivity index is 1.95. The van der Waals surface area contributed by atoms with Crippen molar-refractivity contribution < 1.29 is 23.5 Å². The topological polar surface area (TPSA) is 55.8 Å². The molecule has 2 aromatic carbocycles. The highest BCUT2D eigenvalue weighted by molar-refractivity contribution is 6.42. The van der Waals surface area contributed by atoms with E-state index in [2.05, 4.69) is 0 Å². The number of amides is 1. The summed E-state index contributed by atoms with van der Waals surface area (Å²) in [6.07, 6.45) is 1.06. The summed E-state index contributed by atoms with van der Waals surface area (Å²) in [7, 11) is 0. The minimum absolute atomic E-state index is 0.110. The summed E-state index contributed by atoms with van der Waals surface area (Å²) in [4.78, 5) is 26.2. The van der Waals surface area contributed by atoms with Crippen LogP contribution >= 0.6 is 23.2 Å². The normalized spacial score (nSPS) is 16.6. The van der Waals surface area contributed by atoms with Gasteiger partial charge in [-0.3, -0.25) is 4.79 Å². The number of hydrogen-bond acceptors (Lipinski definition) is 4. The molecule has 1 fully saturated rings. The van der Waals surface area contributed by atoms with E-state index in [0.717, 1.165) is 6.08 Å². The lowest BCUT2D eigenvalue weighted by Crippen LogP contribution is -2.29. The Kier molecular flexibility index (Phi) is 5.63. The first kappa shape index (κ1) is 20.2. The van der Waals surface area contributed by atoms with Crippen molar-refractivity contribution in [2.24, 2.45) is 0 Å². The van der Waals surface area contributed by atoms with Crippen molar-refractivity contribution >= 4 is 40.8 Å². The summed E-state index contributed by atoms with van der Waals surface area (Å²) in [6.45, 7) is 3.23. The first-order chi connectivity index (χ1) is 13.1. The van der Waals surface area contributed by atoms with Crippen LogP contribution in [0.1, 0.15) is 19.4 Å². The number of anilines is 1. The van der Waals surface area contributed by atoms with E-state index in [1.165, 1.54) is 23.1 Å². The number of cyclic esters (lactones) is 1. The molecule has 0 radical (unpaired) electrons. The van der Waals surface area contributed by atoms with E-state index in [4.69, 9.17) is 32.7 Å². The third-order valence-corrected chi connectivity index (χ3v) is 4.62. The number of rotatable bonds is 4. The van der Waals surface area contributed by atoms with E-state index in [0.29, 0.717) is 16.3 Å². The van der Waals surface area contributed by atoms with Crippen molar-refractivity contribution in [2.45, 2.75) is 26.2 Å². The second-order valence-corrected chi connectivity index (χ2v) is 7.36. The molecule has 2 aromatic rings. The van der Waals surface area contributed by atoms with Gasteiger partial charge >= 0.3 is 5.97 Å². The first-order valence-corrected chi connectivity index (χ1v) is 9.05. The van der Waals surface area contributed by atoms with Crippen molar-refractivity contribution in [1.82, 2.24) is 0 Å². The first-order valence-electron chi connectivity index (χ1n) is 8.30. The summed E-state index contributed by atoms with van der Waals surface area (Å²) >= 11 is 12.0. The standard InChI is InChI=1S/C20H16Cl2FNO4/c1-20(2)27-17(19(26)28-20)10-18(25)24(11-12-3-5-13(23)6-4-12)14-7-8-15(21)16(22)9-14/h3-10H,11H2,1-2H3. The molecule has 1 amide bonds. The number of carbonyl (C=O) groups excluding carboxylic acids is 2. The average Bonchev–Trinajstić information content (AvgIpc) is 2.88. The van der Waals surface area contributed by atoms with Gasteiger partial charge in [0.1, 0.15) is 5.82 Å². The Morgan fingerprint density at radius 1 is 1.11 bits per heavy atom. The number of ether oxygens (including phenoxy) is 2. The number of halogens is 3. The Bertz CT molecular complexity index is 957. The van der Waals surface area contributed by atoms with Crippen molar-refractivity contribution in [3.05, 3.63) is 75.7 Å². The fraction of sp³-hybridized carbons (Fsp3) is 0.200. The van der Waals surface area contributed by atoms with Crippen molar-refractivity contribution in [3.63, 3.8) is 0 Å². The van der Waals surface area contributed by atoms with Crippen LogP contribution < -0.4 is 4.90 Å². The summed E-state index contributed by atoms with van der Waals surface area (Å²) in [5.74, 6) is -2.99. The molecule has 1 saturated heterocycles. The molecule has 0 aliphatic carbocycles. The SMILES string of the molecule is CC1(C)OC(=O)C(=CC(=O)N(Cc2ccc(F)cc2)c2ccc(Cl)c(Cl)c2)O1. The lowest BCUT2D eigenvalue weighted by atomic mass is 10.2. The third-order valence-electron chi connectivity index (χ3n) is 3.88. The molecule has 1 heterocycles. The predicted octanol–water partition coefficient (Wildman–Crippen LogP) is 4.86. The van der Waals surface area contributed by atoms with Crippen molar-refractivity contribution in [1.29, 1.82) is 0 Å². The lowest BCUT2D eigenvalue weighted by Gasteiger charge is -2.22. The predicted molar refractivity (Wildman–Crippen MR) is 103 cm³/mol. The molecule has 0 aromatic heterocycles. The highest BCUT2D eigenvalue weighted by Gasteiger charge is 2.38. The summed E-state index contributed by atoms with van der Waals surface area (Å²) < 4.78 is 23.6. The maximum Gasteiger partial charge on any atom is 0.377 e. The maximum atomic E-state index is 13.2. The quantitative estimate of drug-likeness (QED) is 0.520. The maximum absolute atomic E-state index is 13.2. The zero-order chi connectivity index (χ0) is 20.5. The van der Waals surface area contributed by atoms with Crippen LogP contribution in [0.15, 0.2) is 54.3 Å². The van der Waals surface area contributed by atoms with Gasteiger partial charge in [-0.25, -0.2) is 9.18 Å². The van der Waals surface area contributed by atoms with E-state index in [1.54, 1.807) is 38.1 Å². The largest absolute Gasteiger partial charge is 0.445 e. The van der Waals surface area contributed by atoms with Crippen LogP contribution in [0.4, 0.5) is 10.1 Å². The van der Waals surface area contributed by atoms with E-state index >= 15 is 0 Å². The van der Waals surface area contributed by atoms with Gasteiger partial charge in [-0.05, 0) is 35.9 Å². The summed E-state index contributed by atoms with van der Waals surface area (Å²) in [5, 5.41) is 0.601. The van der Waals surface area contributed by atoms with Crippen molar-refractivity contribution in [3.8, 4) is 0 Å². The molecule has 1 aliphatic rings. The molecule has 3 rings (SSSR count). The number of benzene rings is 2. The molecular formula is C20H16Cl2FNO4. The van der Waals surface area contributed by atoms with Crippen LogP contribution in [0.25, 0.3) is 0 Å². The highest BCUT2D eigenvalue weighted by atomic mass is 35.5. The molecule has 5 nitrogen and oxygen atoms in total. The molecule has 0 atom stereocenters. The van der Waals surface area contributed by atoms with Crippen molar-refractivity contribution in [2.75, 3.05) is 4.90 Å². The van der Waals surface area contributed by atoms with Gasteiger partial charge in [-0.15, -0.1) is 0 Å². The molecule has 0 spiro atoms. The Morgan fingerprint density at radius 2 is 1.79 bits per heavy atom. The molecule has 146 valence electrons. The number of carbonyl (C=O) groups is 2. The van der Waals surface area contributed by atoms with E-state index in [1.807, 2.05) is 0 Å². The lowest BCUT2D eigenvalue weighted by molar-refractivity contribution is -0.159.